The van der Waals surface area contributed by atoms with Crippen molar-refractivity contribution in [3.63, 3.8) is 0 Å². The van der Waals surface area contributed by atoms with Gasteiger partial charge in [-0.1, -0.05) is 67.6 Å². The summed E-state index contributed by atoms with van der Waals surface area (Å²) < 4.78 is 22.1. The molecule has 4 atom stereocenters. The van der Waals surface area contributed by atoms with Crippen LogP contribution in [0.4, 0.5) is 9.80 Å². The van der Waals surface area contributed by atoms with Gasteiger partial charge in [-0.2, -0.15) is 0 Å². The highest BCUT2D eigenvalue weighted by Crippen LogP contribution is 2.47. The summed E-state index contributed by atoms with van der Waals surface area (Å²) in [6, 6.07) is 26.5. The van der Waals surface area contributed by atoms with Crippen LogP contribution in [0, 0.1) is 5.92 Å². The fourth-order valence-electron chi connectivity index (χ4n) is 6.00. The Hall–Kier alpha value is -3.33. The summed E-state index contributed by atoms with van der Waals surface area (Å²) in [5.41, 5.74) is 3.04. The van der Waals surface area contributed by atoms with Gasteiger partial charge in [0.05, 0.1) is 25.2 Å². The zero-order chi connectivity index (χ0) is 29.4. The maximum Gasteiger partial charge on any atom is 0.255 e. The van der Waals surface area contributed by atoms with Gasteiger partial charge in [-0.25, -0.2) is 0 Å². The summed E-state index contributed by atoms with van der Waals surface area (Å²) in [4.78, 5) is 27.6. The van der Waals surface area contributed by atoms with E-state index in [1.54, 1.807) is 30.1 Å². The average molecular weight is 577 g/mol. The number of halogens is 1. The minimum absolute atomic E-state index is 0.0270. The topological polar surface area (TPSA) is 78.9 Å². The Morgan fingerprint density at radius 2 is 1.61 bits per heavy atom. The largest absolute Gasteiger partial charge is 0.395 e. The Balaban J connectivity index is 1.40. The van der Waals surface area contributed by atoms with Crippen LogP contribution in [0.1, 0.15) is 41.3 Å². The molecule has 1 aliphatic rings. The van der Waals surface area contributed by atoms with Crippen molar-refractivity contribution in [3.8, 4) is 0 Å². The lowest BCUT2D eigenvalue weighted by Gasteiger charge is -2.30. The van der Waals surface area contributed by atoms with Crippen LogP contribution in [-0.2, 0) is 22.5 Å². The van der Waals surface area contributed by atoms with Crippen LogP contribution in [-0.4, -0.2) is 55.6 Å². The number of aryl methyl sites for hydroxylation is 1. The van der Waals surface area contributed by atoms with Crippen molar-refractivity contribution in [2.75, 3.05) is 18.5 Å². The summed E-state index contributed by atoms with van der Waals surface area (Å²) in [6.45, 7) is 5.92. The highest BCUT2D eigenvalue weighted by molar-refractivity contribution is 6.72. The SMILES string of the molecule is C[C@H]1[C@H]([Si](C)(C)F)[C@@H](CC(=O)N(CCO)Cc2ccccc2)O[C@H]1CCc1cccc(NC(=O)c2ccccc2)c1. The minimum atomic E-state index is -3.15. The molecule has 2 N–H and O–H groups in total. The number of amides is 2. The molecule has 218 valence electrons. The molecule has 3 aromatic carbocycles. The van der Waals surface area contributed by atoms with Gasteiger partial charge in [0.2, 0.25) is 14.3 Å². The van der Waals surface area contributed by atoms with Crippen molar-refractivity contribution in [2.45, 2.75) is 63.6 Å². The molecule has 1 saturated heterocycles. The van der Waals surface area contributed by atoms with Crippen LogP contribution in [0.3, 0.4) is 0 Å². The quantitative estimate of drug-likeness (QED) is 0.198. The zero-order valence-corrected chi connectivity index (χ0v) is 25.1. The first kappa shape index (κ1) is 30.6. The van der Waals surface area contributed by atoms with Gasteiger partial charge in [-0.3, -0.25) is 9.59 Å². The van der Waals surface area contributed by atoms with E-state index in [-0.39, 0.29) is 48.9 Å². The molecule has 0 aromatic heterocycles. The van der Waals surface area contributed by atoms with E-state index >= 15 is 4.11 Å². The van der Waals surface area contributed by atoms with Gasteiger partial charge in [0.25, 0.3) is 5.91 Å². The van der Waals surface area contributed by atoms with Crippen molar-refractivity contribution >= 4 is 25.9 Å². The van der Waals surface area contributed by atoms with Crippen molar-refractivity contribution < 1.29 is 23.5 Å². The Labute approximate surface area is 243 Å². The molecule has 6 nitrogen and oxygen atoms in total. The molecule has 0 radical (unpaired) electrons. The molecule has 0 bridgehead atoms. The molecule has 41 heavy (non-hydrogen) atoms. The summed E-state index contributed by atoms with van der Waals surface area (Å²) in [7, 11) is -3.15. The first-order valence-electron chi connectivity index (χ1n) is 14.4. The van der Waals surface area contributed by atoms with E-state index in [9.17, 15) is 14.7 Å². The highest BCUT2D eigenvalue weighted by atomic mass is 28.4. The monoisotopic (exact) mass is 576 g/mol. The third-order valence-corrected chi connectivity index (χ3v) is 10.4. The fraction of sp³-hybridized carbons (Fsp3) is 0.394. The maximum absolute atomic E-state index is 15.6. The van der Waals surface area contributed by atoms with Crippen LogP contribution in [0.5, 0.6) is 0 Å². The van der Waals surface area contributed by atoms with E-state index in [2.05, 4.69) is 5.32 Å². The van der Waals surface area contributed by atoms with Crippen molar-refractivity contribution in [3.05, 3.63) is 102 Å². The van der Waals surface area contributed by atoms with Gasteiger partial charge >= 0.3 is 0 Å². The Morgan fingerprint density at radius 1 is 0.951 bits per heavy atom. The standard InChI is InChI=1S/C33H41FN2O4Si/c1-24-29(18-17-25-13-10-16-28(21-25)35-33(39)27-14-8-5-9-15-27)40-30(32(24)41(2,3)34)22-31(38)36(19-20-37)23-26-11-6-4-7-12-26/h4-16,21,24,29-30,32,37H,17-20,22-23H2,1-3H3,(H,35,39)/t24-,29+,30-,32+/m1/s1. The van der Waals surface area contributed by atoms with E-state index in [0.717, 1.165) is 16.8 Å². The van der Waals surface area contributed by atoms with Crippen LogP contribution in [0.15, 0.2) is 84.9 Å². The van der Waals surface area contributed by atoms with Gasteiger partial charge < -0.3 is 24.2 Å². The van der Waals surface area contributed by atoms with Crippen LogP contribution < -0.4 is 5.32 Å². The fourth-order valence-corrected chi connectivity index (χ4v) is 8.55. The number of carbonyl (C=O) groups is 2. The zero-order valence-electron chi connectivity index (χ0n) is 24.1. The van der Waals surface area contributed by atoms with Crippen LogP contribution in [0.25, 0.3) is 0 Å². The minimum Gasteiger partial charge on any atom is -0.395 e. The molecule has 4 rings (SSSR count). The number of aliphatic hydroxyl groups excluding tert-OH is 1. The predicted octanol–water partition coefficient (Wildman–Crippen LogP) is 6.23. The van der Waals surface area contributed by atoms with E-state index in [4.69, 9.17) is 4.74 Å². The molecule has 0 aliphatic carbocycles. The average Bonchev–Trinajstić information content (AvgIpc) is 3.27. The van der Waals surface area contributed by atoms with E-state index in [1.165, 1.54) is 0 Å². The van der Waals surface area contributed by atoms with E-state index in [0.29, 0.717) is 24.9 Å². The number of nitrogens with zero attached hydrogens (tertiary/aromatic N) is 1. The number of carbonyl (C=O) groups excluding carboxylic acids is 2. The number of nitrogens with one attached hydrogen (secondary N) is 1. The Bertz CT molecular complexity index is 1290. The van der Waals surface area contributed by atoms with Crippen molar-refractivity contribution in [2.24, 2.45) is 5.92 Å². The molecule has 3 aromatic rings. The van der Waals surface area contributed by atoms with Gasteiger partial charge in [0.15, 0.2) is 0 Å². The molecule has 8 heteroatoms. The number of benzene rings is 3. The Kier molecular flexibility index (Phi) is 10.5. The lowest BCUT2D eigenvalue weighted by Crippen LogP contribution is -2.40. The predicted molar refractivity (Wildman–Crippen MR) is 163 cm³/mol. The molecule has 0 unspecified atom stereocenters. The molecule has 0 saturated carbocycles. The maximum atomic E-state index is 15.6. The number of anilines is 1. The number of hydrogen-bond donors (Lipinski definition) is 2. The van der Waals surface area contributed by atoms with Crippen molar-refractivity contribution in [1.82, 2.24) is 4.90 Å². The number of aliphatic hydroxyl groups is 1. The lowest BCUT2D eigenvalue weighted by molar-refractivity contribution is -0.135. The smallest absolute Gasteiger partial charge is 0.255 e. The van der Waals surface area contributed by atoms with E-state index < -0.39 is 14.5 Å². The van der Waals surface area contributed by atoms with Gasteiger partial charge in [0, 0.05) is 29.9 Å². The highest BCUT2D eigenvalue weighted by Gasteiger charge is 2.51. The second-order valence-corrected chi connectivity index (χ2v) is 15.2. The number of ether oxygens (including phenoxy) is 1. The third kappa shape index (κ3) is 8.35. The molecular weight excluding hydrogens is 535 g/mol. The van der Waals surface area contributed by atoms with Gasteiger partial charge in [-0.05, 0) is 67.2 Å². The molecule has 1 aliphatic heterocycles. The molecular formula is C33H41FN2O4Si. The van der Waals surface area contributed by atoms with Crippen molar-refractivity contribution in [1.29, 1.82) is 0 Å². The second kappa shape index (κ2) is 14.0. The molecule has 2 amide bonds. The molecule has 1 fully saturated rings. The third-order valence-electron chi connectivity index (χ3n) is 7.95. The summed E-state index contributed by atoms with van der Waals surface area (Å²) in [6.07, 6.45) is 0.814. The second-order valence-electron chi connectivity index (χ2n) is 11.5. The summed E-state index contributed by atoms with van der Waals surface area (Å²) in [5, 5.41) is 12.5. The summed E-state index contributed by atoms with van der Waals surface area (Å²) in [5.74, 6) is -0.324. The lowest BCUT2D eigenvalue weighted by atomic mass is 9.95. The van der Waals surface area contributed by atoms with Crippen LogP contribution >= 0.6 is 0 Å². The van der Waals surface area contributed by atoms with E-state index in [1.807, 2.05) is 79.7 Å². The molecule has 0 spiro atoms. The summed E-state index contributed by atoms with van der Waals surface area (Å²) >= 11 is 0. The first-order valence-corrected chi connectivity index (χ1v) is 17.3. The van der Waals surface area contributed by atoms with Crippen LogP contribution in [0.2, 0.25) is 18.6 Å². The Morgan fingerprint density at radius 3 is 2.27 bits per heavy atom. The van der Waals surface area contributed by atoms with Gasteiger partial charge in [0.1, 0.15) is 0 Å². The first-order chi connectivity index (χ1) is 19.7. The molecule has 1 heterocycles. The number of hydrogen-bond acceptors (Lipinski definition) is 4. The normalized spacial score (nSPS) is 20.5. The van der Waals surface area contributed by atoms with Gasteiger partial charge in [-0.15, -0.1) is 0 Å². The number of rotatable bonds is 12.